The topological polar surface area (TPSA) is 72.7 Å². The molecule has 0 heterocycles. The summed E-state index contributed by atoms with van der Waals surface area (Å²) in [5.74, 6) is -3.52. The lowest BCUT2D eigenvalue weighted by molar-refractivity contribution is -0.387. The normalized spacial score (nSPS) is 10.5. The fraction of sp³-hybridized carbons (Fsp3) is 0.462. The van der Waals surface area contributed by atoms with E-state index in [1.807, 2.05) is 0 Å². The van der Waals surface area contributed by atoms with Gasteiger partial charge in [0.25, 0.3) is 5.91 Å². The number of halogens is 2. The Kier molecular flexibility index (Phi) is 6.16. The molecule has 0 saturated carbocycles. The third-order valence-electron chi connectivity index (χ3n) is 2.86. The number of hydrogen-bond acceptors (Lipinski definition) is 4. The molecule has 0 unspecified atom stereocenters. The Morgan fingerprint density at radius 1 is 1.38 bits per heavy atom. The van der Waals surface area contributed by atoms with Gasteiger partial charge in [-0.25, -0.2) is 4.39 Å². The summed E-state index contributed by atoms with van der Waals surface area (Å²) < 4.78 is 32.7. The van der Waals surface area contributed by atoms with Crippen LogP contribution in [0.3, 0.4) is 0 Å². The molecule has 0 aliphatic heterocycles. The minimum absolute atomic E-state index is 0.144. The van der Waals surface area contributed by atoms with E-state index in [0.29, 0.717) is 18.7 Å². The zero-order valence-electron chi connectivity index (χ0n) is 11.8. The van der Waals surface area contributed by atoms with Gasteiger partial charge in [-0.15, -0.1) is 0 Å². The van der Waals surface area contributed by atoms with E-state index in [2.05, 4.69) is 0 Å². The fourth-order valence-corrected chi connectivity index (χ4v) is 1.76. The molecular weight excluding hydrogens is 286 g/mol. The van der Waals surface area contributed by atoms with Crippen LogP contribution < -0.4 is 0 Å². The largest absolute Gasteiger partial charge is 0.380 e. The lowest BCUT2D eigenvalue weighted by Gasteiger charge is -2.21. The van der Waals surface area contributed by atoms with E-state index in [1.54, 1.807) is 13.8 Å². The minimum atomic E-state index is -1.46. The summed E-state index contributed by atoms with van der Waals surface area (Å²) in [4.78, 5) is 23.0. The molecule has 1 aromatic carbocycles. The number of nitrogens with zero attached hydrogens (tertiary/aromatic N) is 2. The van der Waals surface area contributed by atoms with Crippen LogP contribution in [0.1, 0.15) is 24.2 Å². The number of rotatable bonds is 7. The van der Waals surface area contributed by atoms with Crippen molar-refractivity contribution in [2.45, 2.75) is 13.8 Å². The average Bonchev–Trinajstić information content (AvgIpc) is 2.43. The van der Waals surface area contributed by atoms with E-state index in [-0.39, 0.29) is 19.7 Å². The molecule has 8 heteroatoms. The second kappa shape index (κ2) is 7.63. The summed E-state index contributed by atoms with van der Waals surface area (Å²) >= 11 is 0. The van der Waals surface area contributed by atoms with Crippen molar-refractivity contribution in [2.75, 3.05) is 26.3 Å². The number of benzene rings is 1. The van der Waals surface area contributed by atoms with Crippen LogP contribution in [0.15, 0.2) is 12.1 Å². The summed E-state index contributed by atoms with van der Waals surface area (Å²) in [6, 6.07) is 1.41. The van der Waals surface area contributed by atoms with E-state index in [0.717, 1.165) is 0 Å². The minimum Gasteiger partial charge on any atom is -0.380 e. The van der Waals surface area contributed by atoms with Crippen molar-refractivity contribution < 1.29 is 23.2 Å². The van der Waals surface area contributed by atoms with Gasteiger partial charge in [0.15, 0.2) is 0 Å². The predicted octanol–water partition coefficient (Wildman–Crippen LogP) is 2.37. The molecule has 0 radical (unpaired) electrons. The lowest BCUT2D eigenvalue weighted by Crippen LogP contribution is -2.35. The SMILES string of the molecule is CCOCCN(CC)C(=O)c1c(F)ccc([N+](=O)[O-])c1F. The number of carbonyl (C=O) groups excluding carboxylic acids is 1. The van der Waals surface area contributed by atoms with Gasteiger partial charge < -0.3 is 9.64 Å². The first-order valence-corrected chi connectivity index (χ1v) is 6.43. The highest BCUT2D eigenvalue weighted by Gasteiger charge is 2.28. The molecule has 0 aromatic heterocycles. The van der Waals surface area contributed by atoms with E-state index in [4.69, 9.17) is 4.74 Å². The molecule has 0 aliphatic carbocycles. The zero-order chi connectivity index (χ0) is 16.0. The molecule has 1 aromatic rings. The van der Waals surface area contributed by atoms with Crippen LogP contribution >= 0.6 is 0 Å². The Balaban J connectivity index is 3.10. The smallest absolute Gasteiger partial charge is 0.305 e. The van der Waals surface area contributed by atoms with E-state index < -0.39 is 33.7 Å². The van der Waals surface area contributed by atoms with E-state index in [9.17, 15) is 23.7 Å². The molecule has 0 N–H and O–H groups in total. The molecule has 1 amide bonds. The van der Waals surface area contributed by atoms with Crippen molar-refractivity contribution in [1.29, 1.82) is 0 Å². The second-order valence-corrected chi connectivity index (χ2v) is 4.09. The highest BCUT2D eigenvalue weighted by molar-refractivity contribution is 5.95. The monoisotopic (exact) mass is 302 g/mol. The first-order valence-electron chi connectivity index (χ1n) is 6.43. The third-order valence-corrected chi connectivity index (χ3v) is 2.86. The van der Waals surface area contributed by atoms with Crippen LogP contribution in [0.5, 0.6) is 0 Å². The summed E-state index contributed by atoms with van der Waals surface area (Å²) in [6.45, 7) is 4.42. The number of likely N-dealkylation sites (N-methyl/N-ethyl adjacent to an activating group) is 1. The van der Waals surface area contributed by atoms with Crippen LogP contribution in [0, 0.1) is 21.7 Å². The Hall–Kier alpha value is -2.09. The van der Waals surface area contributed by atoms with E-state index in [1.165, 1.54) is 4.90 Å². The molecule has 0 fully saturated rings. The molecular formula is C13H16F2N2O4. The molecule has 0 saturated heterocycles. The zero-order valence-corrected chi connectivity index (χ0v) is 11.8. The average molecular weight is 302 g/mol. The Morgan fingerprint density at radius 2 is 2.05 bits per heavy atom. The number of nitro groups is 1. The van der Waals surface area contributed by atoms with Gasteiger partial charge in [-0.1, -0.05) is 0 Å². The summed E-state index contributed by atoms with van der Waals surface area (Å²) in [7, 11) is 0. The maximum absolute atomic E-state index is 14.0. The van der Waals surface area contributed by atoms with Gasteiger partial charge in [0, 0.05) is 25.8 Å². The maximum Gasteiger partial charge on any atom is 0.305 e. The van der Waals surface area contributed by atoms with E-state index >= 15 is 0 Å². The molecule has 1 rings (SSSR count). The summed E-state index contributed by atoms with van der Waals surface area (Å²) in [5.41, 5.74) is -1.84. The molecule has 0 spiro atoms. The fourth-order valence-electron chi connectivity index (χ4n) is 1.76. The van der Waals surface area contributed by atoms with Gasteiger partial charge in [0.1, 0.15) is 11.4 Å². The number of nitro benzene ring substituents is 1. The quantitative estimate of drug-likeness (QED) is 0.440. The van der Waals surface area contributed by atoms with Gasteiger partial charge in [-0.3, -0.25) is 14.9 Å². The molecule has 0 bridgehead atoms. The van der Waals surface area contributed by atoms with Gasteiger partial charge in [-0.05, 0) is 19.9 Å². The Morgan fingerprint density at radius 3 is 2.57 bits per heavy atom. The van der Waals surface area contributed by atoms with Crippen molar-refractivity contribution in [2.24, 2.45) is 0 Å². The van der Waals surface area contributed by atoms with Gasteiger partial charge in [0.2, 0.25) is 5.82 Å². The van der Waals surface area contributed by atoms with Crippen molar-refractivity contribution in [3.63, 3.8) is 0 Å². The number of amides is 1. The van der Waals surface area contributed by atoms with Crippen molar-refractivity contribution in [3.05, 3.63) is 39.4 Å². The van der Waals surface area contributed by atoms with Crippen molar-refractivity contribution in [3.8, 4) is 0 Å². The highest BCUT2D eigenvalue weighted by Crippen LogP contribution is 2.24. The highest BCUT2D eigenvalue weighted by atomic mass is 19.1. The first kappa shape index (κ1) is 17.0. The van der Waals surface area contributed by atoms with Crippen LogP contribution in [0.2, 0.25) is 0 Å². The molecule has 0 atom stereocenters. The van der Waals surface area contributed by atoms with Gasteiger partial charge in [0.05, 0.1) is 11.5 Å². The molecule has 6 nitrogen and oxygen atoms in total. The maximum atomic E-state index is 14.0. The second-order valence-electron chi connectivity index (χ2n) is 4.09. The first-order chi connectivity index (χ1) is 9.93. The third kappa shape index (κ3) is 3.94. The van der Waals surface area contributed by atoms with Gasteiger partial charge in [-0.2, -0.15) is 4.39 Å². The number of hydrogen-bond donors (Lipinski definition) is 0. The van der Waals surface area contributed by atoms with Crippen molar-refractivity contribution >= 4 is 11.6 Å². The van der Waals surface area contributed by atoms with Crippen LogP contribution in [0.25, 0.3) is 0 Å². The Bertz CT molecular complexity index is 537. The van der Waals surface area contributed by atoms with Crippen LogP contribution in [-0.2, 0) is 4.74 Å². The predicted molar refractivity (Wildman–Crippen MR) is 71.1 cm³/mol. The number of ether oxygens (including phenoxy) is 1. The molecule has 116 valence electrons. The molecule has 21 heavy (non-hydrogen) atoms. The lowest BCUT2D eigenvalue weighted by atomic mass is 10.1. The summed E-state index contributed by atoms with van der Waals surface area (Å²) in [5, 5.41) is 10.7. The van der Waals surface area contributed by atoms with Crippen molar-refractivity contribution in [1.82, 2.24) is 4.90 Å². The molecule has 0 aliphatic rings. The van der Waals surface area contributed by atoms with Crippen LogP contribution in [0.4, 0.5) is 14.5 Å². The van der Waals surface area contributed by atoms with Gasteiger partial charge >= 0.3 is 5.69 Å². The standard InChI is InChI=1S/C13H16F2N2O4/c1-3-16(7-8-21-4-2)13(18)11-9(14)5-6-10(12(11)15)17(19)20/h5-6H,3-4,7-8H2,1-2H3. The summed E-state index contributed by atoms with van der Waals surface area (Å²) in [6.07, 6.45) is 0. The van der Waals surface area contributed by atoms with Crippen LogP contribution in [-0.4, -0.2) is 42.0 Å². The number of carbonyl (C=O) groups is 1. The Labute approximate surface area is 120 Å².